The molecule has 28 heavy (non-hydrogen) atoms. The molecule has 1 N–H and O–H groups in total. The van der Waals surface area contributed by atoms with E-state index in [1.54, 1.807) is 19.9 Å². The van der Waals surface area contributed by atoms with Crippen LogP contribution in [0.3, 0.4) is 0 Å². The summed E-state index contributed by atoms with van der Waals surface area (Å²) in [5.74, 6) is -0.286. The molecule has 2 aromatic rings. The van der Waals surface area contributed by atoms with Gasteiger partial charge < -0.3 is 0 Å². The number of aryl methyl sites for hydroxylation is 2. The highest BCUT2D eigenvalue weighted by atomic mass is 32.2. The van der Waals surface area contributed by atoms with Gasteiger partial charge in [0.2, 0.25) is 20.0 Å². The zero-order chi connectivity index (χ0) is 20.5. The molecule has 1 fully saturated rings. The Hall–Kier alpha value is -1.97. The van der Waals surface area contributed by atoms with Crippen LogP contribution in [0, 0.1) is 19.7 Å². The van der Waals surface area contributed by atoms with E-state index in [1.807, 2.05) is 0 Å². The molecule has 0 radical (unpaired) electrons. The van der Waals surface area contributed by atoms with Crippen molar-refractivity contribution in [3.63, 3.8) is 0 Å². The molecule has 0 saturated carbocycles. The van der Waals surface area contributed by atoms with Crippen molar-refractivity contribution >= 4 is 25.7 Å². The Bertz CT molecular complexity index is 1080. The molecule has 1 aliphatic rings. The van der Waals surface area contributed by atoms with Gasteiger partial charge in [0.05, 0.1) is 16.3 Å². The van der Waals surface area contributed by atoms with E-state index in [0.717, 1.165) is 6.42 Å². The third kappa shape index (κ3) is 4.37. The van der Waals surface area contributed by atoms with Crippen LogP contribution in [0.4, 0.5) is 10.1 Å². The van der Waals surface area contributed by atoms with E-state index in [1.165, 1.54) is 34.6 Å². The van der Waals surface area contributed by atoms with Crippen molar-refractivity contribution in [1.29, 1.82) is 0 Å². The molecule has 0 spiro atoms. The zero-order valence-electron chi connectivity index (χ0n) is 15.8. The minimum atomic E-state index is -3.81. The van der Waals surface area contributed by atoms with Crippen molar-refractivity contribution in [2.24, 2.45) is 0 Å². The average molecular weight is 427 g/mol. The Labute approximate surface area is 165 Å². The summed E-state index contributed by atoms with van der Waals surface area (Å²) in [7, 11) is -7.19. The highest BCUT2D eigenvalue weighted by molar-refractivity contribution is 7.92. The smallest absolute Gasteiger partial charge is 0.241 e. The van der Waals surface area contributed by atoms with Crippen LogP contribution in [-0.4, -0.2) is 29.1 Å². The van der Waals surface area contributed by atoms with Gasteiger partial charge in [-0.3, -0.25) is 4.31 Å². The van der Waals surface area contributed by atoms with Crippen LogP contribution in [0.15, 0.2) is 41.3 Å². The van der Waals surface area contributed by atoms with Crippen LogP contribution in [0.1, 0.15) is 29.5 Å². The SMILES string of the molecule is Cc1cc(S(=O)(=O)NCc2ccc(F)cc2)c(C)cc1N1CCCCS1(=O)=O. The van der Waals surface area contributed by atoms with E-state index < -0.39 is 20.0 Å². The summed E-state index contributed by atoms with van der Waals surface area (Å²) in [6.45, 7) is 3.78. The number of nitrogens with zero attached hydrogens (tertiary/aromatic N) is 1. The van der Waals surface area contributed by atoms with Crippen LogP contribution in [0.2, 0.25) is 0 Å². The van der Waals surface area contributed by atoms with Gasteiger partial charge in [-0.1, -0.05) is 12.1 Å². The molecule has 9 heteroatoms. The Balaban J connectivity index is 1.88. The first-order valence-corrected chi connectivity index (χ1v) is 12.1. The van der Waals surface area contributed by atoms with Crippen LogP contribution >= 0.6 is 0 Å². The van der Waals surface area contributed by atoms with Gasteiger partial charge in [0, 0.05) is 13.1 Å². The van der Waals surface area contributed by atoms with Crippen LogP contribution < -0.4 is 9.03 Å². The summed E-state index contributed by atoms with van der Waals surface area (Å²) >= 11 is 0. The number of hydrogen-bond acceptors (Lipinski definition) is 4. The molecular formula is C19H23FN2O4S2. The highest BCUT2D eigenvalue weighted by Gasteiger charge is 2.28. The lowest BCUT2D eigenvalue weighted by Gasteiger charge is -2.30. The highest BCUT2D eigenvalue weighted by Crippen LogP contribution is 2.31. The summed E-state index contributed by atoms with van der Waals surface area (Å²) in [4.78, 5) is 0.102. The topological polar surface area (TPSA) is 83.6 Å². The van der Waals surface area contributed by atoms with Crippen molar-refractivity contribution in [2.45, 2.75) is 38.1 Å². The van der Waals surface area contributed by atoms with Gasteiger partial charge in [-0.15, -0.1) is 0 Å². The quantitative estimate of drug-likeness (QED) is 0.797. The summed E-state index contributed by atoms with van der Waals surface area (Å²) in [5.41, 5.74) is 2.20. The molecule has 0 unspecified atom stereocenters. The van der Waals surface area contributed by atoms with Crippen molar-refractivity contribution in [3.05, 3.63) is 58.9 Å². The lowest BCUT2D eigenvalue weighted by atomic mass is 10.1. The second kappa shape index (κ2) is 7.81. The van der Waals surface area contributed by atoms with E-state index in [-0.39, 0.29) is 23.0 Å². The average Bonchev–Trinajstić information content (AvgIpc) is 2.63. The number of rotatable bonds is 5. The fourth-order valence-corrected chi connectivity index (χ4v) is 6.27. The molecule has 6 nitrogen and oxygen atoms in total. The lowest BCUT2D eigenvalue weighted by molar-refractivity contribution is 0.574. The second-order valence-corrected chi connectivity index (χ2v) is 10.7. The molecule has 0 bridgehead atoms. The number of nitrogens with one attached hydrogen (secondary N) is 1. The second-order valence-electron chi connectivity index (χ2n) is 6.95. The van der Waals surface area contributed by atoms with Crippen molar-refractivity contribution in [1.82, 2.24) is 4.72 Å². The molecule has 1 heterocycles. The molecule has 0 amide bonds. The molecule has 0 aromatic heterocycles. The summed E-state index contributed by atoms with van der Waals surface area (Å²) in [6.07, 6.45) is 1.41. The fraction of sp³-hybridized carbons (Fsp3) is 0.368. The predicted molar refractivity (Wildman–Crippen MR) is 107 cm³/mol. The van der Waals surface area contributed by atoms with Gasteiger partial charge in [-0.05, 0) is 67.6 Å². The predicted octanol–water partition coefficient (Wildman–Crippen LogP) is 2.85. The minimum Gasteiger partial charge on any atom is -0.270 e. The van der Waals surface area contributed by atoms with E-state index in [4.69, 9.17) is 0 Å². The van der Waals surface area contributed by atoms with Gasteiger partial charge in [0.1, 0.15) is 5.82 Å². The number of sulfonamides is 2. The first kappa shape index (κ1) is 20.8. The third-order valence-electron chi connectivity index (χ3n) is 4.78. The Morgan fingerprint density at radius 1 is 1.07 bits per heavy atom. The Kier molecular flexibility index (Phi) is 5.79. The maximum Gasteiger partial charge on any atom is 0.241 e. The van der Waals surface area contributed by atoms with Gasteiger partial charge >= 0.3 is 0 Å². The van der Waals surface area contributed by atoms with Gasteiger partial charge in [-0.25, -0.2) is 25.9 Å². The standard InChI is InChI=1S/C19H23FN2O4S2/c1-14-12-19(28(25,26)21-13-16-5-7-17(20)8-6-16)15(2)11-18(14)22-9-3-4-10-27(22,23)24/h5-8,11-12,21H,3-4,9-10,13H2,1-2H3. The van der Waals surface area contributed by atoms with Crippen molar-refractivity contribution in [3.8, 4) is 0 Å². The number of hydrogen-bond donors (Lipinski definition) is 1. The minimum absolute atomic E-state index is 0.0311. The fourth-order valence-electron chi connectivity index (χ4n) is 3.25. The molecule has 0 aliphatic carbocycles. The molecule has 152 valence electrons. The summed E-state index contributed by atoms with van der Waals surface area (Å²) in [6, 6.07) is 8.69. The van der Waals surface area contributed by atoms with Crippen molar-refractivity contribution < 1.29 is 21.2 Å². The Morgan fingerprint density at radius 2 is 1.75 bits per heavy atom. The monoisotopic (exact) mass is 426 g/mol. The van der Waals surface area contributed by atoms with Gasteiger partial charge in [0.15, 0.2) is 0 Å². The lowest BCUT2D eigenvalue weighted by Crippen LogP contribution is -2.38. The van der Waals surface area contributed by atoms with E-state index >= 15 is 0 Å². The molecule has 0 atom stereocenters. The first-order valence-electron chi connectivity index (χ1n) is 8.96. The number of anilines is 1. The number of benzene rings is 2. The van der Waals surface area contributed by atoms with Crippen LogP contribution in [-0.2, 0) is 26.6 Å². The normalized spacial score (nSPS) is 16.9. The summed E-state index contributed by atoms with van der Waals surface area (Å²) < 4.78 is 67.1. The van der Waals surface area contributed by atoms with Crippen LogP contribution in [0.5, 0.6) is 0 Å². The Morgan fingerprint density at radius 3 is 2.39 bits per heavy atom. The molecule has 2 aromatic carbocycles. The third-order valence-corrected chi connectivity index (χ3v) is 8.18. The zero-order valence-corrected chi connectivity index (χ0v) is 17.4. The van der Waals surface area contributed by atoms with E-state index in [2.05, 4.69) is 4.72 Å². The van der Waals surface area contributed by atoms with Gasteiger partial charge in [-0.2, -0.15) is 0 Å². The van der Waals surface area contributed by atoms with Crippen molar-refractivity contribution in [2.75, 3.05) is 16.6 Å². The largest absolute Gasteiger partial charge is 0.270 e. The van der Waals surface area contributed by atoms with Gasteiger partial charge in [0.25, 0.3) is 0 Å². The van der Waals surface area contributed by atoms with Crippen LogP contribution in [0.25, 0.3) is 0 Å². The molecule has 1 saturated heterocycles. The molecule has 3 rings (SSSR count). The maximum absolute atomic E-state index is 13.0. The summed E-state index contributed by atoms with van der Waals surface area (Å²) in [5, 5.41) is 0. The molecule has 1 aliphatic heterocycles. The molecular weight excluding hydrogens is 403 g/mol. The van der Waals surface area contributed by atoms with E-state index in [0.29, 0.717) is 35.3 Å². The maximum atomic E-state index is 13.0. The first-order chi connectivity index (χ1) is 13.1. The van der Waals surface area contributed by atoms with E-state index in [9.17, 15) is 21.2 Å². The number of halogens is 1.